The van der Waals surface area contributed by atoms with E-state index in [1.807, 2.05) is 19.1 Å². The van der Waals surface area contributed by atoms with Crippen molar-refractivity contribution < 1.29 is 18.0 Å². The van der Waals surface area contributed by atoms with Crippen LogP contribution in [0.2, 0.25) is 0 Å². The fraction of sp³-hybridized carbons (Fsp3) is 0.333. The average molecular weight is 328 g/mol. The number of carbonyl (C=O) groups is 1. The number of thiazole rings is 1. The molecule has 7 heteroatoms. The summed E-state index contributed by atoms with van der Waals surface area (Å²) in [6.45, 7) is 5.46. The van der Waals surface area contributed by atoms with Crippen LogP contribution in [0.25, 0.3) is 0 Å². The van der Waals surface area contributed by atoms with Crippen molar-refractivity contribution in [1.29, 1.82) is 0 Å². The zero-order valence-corrected chi connectivity index (χ0v) is 13.1. The number of nitrogens with zero attached hydrogens (tertiary/aromatic N) is 2. The summed E-state index contributed by atoms with van der Waals surface area (Å²) < 4.78 is 37.9. The standard InChI is InChI=1S/C15H15F3N2OS/c1-9(2)20(12-7-5-4-6-10(12)3)13(21)11-8-22-14(19-11)15(16,17)18/h4-9H,1-3H3. The Morgan fingerprint density at radius 2 is 1.91 bits per heavy atom. The molecule has 22 heavy (non-hydrogen) atoms. The van der Waals surface area contributed by atoms with Gasteiger partial charge in [-0.1, -0.05) is 18.2 Å². The highest BCUT2D eigenvalue weighted by Gasteiger charge is 2.36. The van der Waals surface area contributed by atoms with Gasteiger partial charge in [-0.25, -0.2) is 4.98 Å². The molecule has 0 atom stereocenters. The lowest BCUT2D eigenvalue weighted by molar-refractivity contribution is -0.137. The van der Waals surface area contributed by atoms with E-state index in [2.05, 4.69) is 4.98 Å². The zero-order valence-electron chi connectivity index (χ0n) is 12.3. The summed E-state index contributed by atoms with van der Waals surface area (Å²) in [6.07, 6.45) is -4.53. The third-order valence-corrected chi connectivity index (χ3v) is 3.96. The molecular weight excluding hydrogens is 313 g/mol. The average Bonchev–Trinajstić information content (AvgIpc) is 2.90. The molecule has 0 fully saturated rings. The Bertz CT molecular complexity index is 679. The summed E-state index contributed by atoms with van der Waals surface area (Å²) in [7, 11) is 0. The molecule has 2 aromatic rings. The Labute approximate surface area is 130 Å². The Morgan fingerprint density at radius 1 is 1.27 bits per heavy atom. The number of carbonyl (C=O) groups excluding carboxylic acids is 1. The van der Waals surface area contributed by atoms with Crippen LogP contribution < -0.4 is 4.90 Å². The van der Waals surface area contributed by atoms with E-state index in [0.717, 1.165) is 10.9 Å². The van der Waals surface area contributed by atoms with E-state index in [-0.39, 0.29) is 11.7 Å². The molecule has 2 rings (SSSR count). The normalized spacial score (nSPS) is 11.8. The SMILES string of the molecule is Cc1ccccc1N(C(=O)c1csc(C(F)(F)F)n1)C(C)C. The van der Waals surface area contributed by atoms with Crippen molar-refractivity contribution in [2.75, 3.05) is 4.90 Å². The zero-order chi connectivity index (χ0) is 16.5. The van der Waals surface area contributed by atoms with Crippen LogP contribution in [-0.4, -0.2) is 16.9 Å². The summed E-state index contributed by atoms with van der Waals surface area (Å²) in [5.41, 5.74) is 1.36. The fourth-order valence-electron chi connectivity index (χ4n) is 2.08. The number of benzene rings is 1. The smallest absolute Gasteiger partial charge is 0.304 e. The lowest BCUT2D eigenvalue weighted by Gasteiger charge is -2.27. The molecule has 1 aromatic heterocycles. The maximum atomic E-state index is 12.6. The van der Waals surface area contributed by atoms with E-state index in [9.17, 15) is 18.0 Å². The molecule has 1 amide bonds. The number of rotatable bonds is 3. The number of halogens is 3. The van der Waals surface area contributed by atoms with Gasteiger partial charge in [0.1, 0.15) is 5.69 Å². The summed E-state index contributed by atoms with van der Waals surface area (Å²) in [6, 6.07) is 7.04. The topological polar surface area (TPSA) is 33.2 Å². The number of hydrogen-bond donors (Lipinski definition) is 0. The van der Waals surface area contributed by atoms with Crippen LogP contribution in [0.1, 0.15) is 34.9 Å². The first-order valence-electron chi connectivity index (χ1n) is 6.63. The van der Waals surface area contributed by atoms with Gasteiger partial charge in [0.2, 0.25) is 0 Å². The summed E-state index contributed by atoms with van der Waals surface area (Å²) in [5, 5.41) is 0.142. The number of alkyl halides is 3. The first-order valence-corrected chi connectivity index (χ1v) is 7.51. The monoisotopic (exact) mass is 328 g/mol. The van der Waals surface area contributed by atoms with Crippen LogP contribution in [0, 0.1) is 6.92 Å². The van der Waals surface area contributed by atoms with E-state index < -0.39 is 17.1 Å². The van der Waals surface area contributed by atoms with E-state index in [1.54, 1.807) is 26.0 Å². The van der Waals surface area contributed by atoms with Gasteiger partial charge in [-0.05, 0) is 32.4 Å². The molecule has 0 unspecified atom stereocenters. The molecule has 0 aliphatic carbocycles. The van der Waals surface area contributed by atoms with Gasteiger partial charge in [-0.3, -0.25) is 4.79 Å². The van der Waals surface area contributed by atoms with E-state index in [1.165, 1.54) is 4.90 Å². The fourth-order valence-corrected chi connectivity index (χ4v) is 2.74. The molecule has 1 heterocycles. The second-order valence-electron chi connectivity index (χ2n) is 5.09. The highest BCUT2D eigenvalue weighted by molar-refractivity contribution is 7.10. The van der Waals surface area contributed by atoms with Gasteiger partial charge >= 0.3 is 6.18 Å². The van der Waals surface area contributed by atoms with Crippen LogP contribution >= 0.6 is 11.3 Å². The Hall–Kier alpha value is -1.89. The third-order valence-electron chi connectivity index (χ3n) is 3.08. The second kappa shape index (κ2) is 6.08. The highest BCUT2D eigenvalue weighted by Crippen LogP contribution is 2.32. The largest absolute Gasteiger partial charge is 0.443 e. The van der Waals surface area contributed by atoms with Gasteiger partial charge in [0.25, 0.3) is 5.91 Å². The number of amides is 1. The highest BCUT2D eigenvalue weighted by atomic mass is 32.1. The number of hydrogen-bond acceptors (Lipinski definition) is 3. The van der Waals surface area contributed by atoms with E-state index in [4.69, 9.17) is 0 Å². The Morgan fingerprint density at radius 3 is 2.41 bits per heavy atom. The molecule has 0 N–H and O–H groups in total. The number of anilines is 1. The molecular formula is C15H15F3N2OS. The van der Waals surface area contributed by atoms with Crippen molar-refractivity contribution in [1.82, 2.24) is 4.98 Å². The first-order chi connectivity index (χ1) is 10.2. The number of aryl methyl sites for hydroxylation is 1. The molecule has 1 aromatic carbocycles. The minimum absolute atomic E-state index is 0.186. The van der Waals surface area contributed by atoms with Gasteiger partial charge in [-0.2, -0.15) is 13.2 Å². The lowest BCUT2D eigenvalue weighted by Crippen LogP contribution is -2.37. The minimum atomic E-state index is -4.53. The molecule has 0 spiro atoms. The molecule has 0 aliphatic heterocycles. The predicted molar refractivity (Wildman–Crippen MR) is 80.2 cm³/mol. The van der Waals surface area contributed by atoms with Gasteiger partial charge in [0, 0.05) is 17.1 Å². The summed E-state index contributed by atoms with van der Waals surface area (Å²) in [4.78, 5) is 17.5. The molecule has 0 saturated heterocycles. The van der Waals surface area contributed by atoms with Gasteiger partial charge in [0.15, 0.2) is 5.01 Å². The van der Waals surface area contributed by atoms with Crippen molar-refractivity contribution >= 4 is 22.9 Å². The molecule has 0 bridgehead atoms. The first kappa shape index (κ1) is 16.5. The summed E-state index contributed by atoms with van der Waals surface area (Å²) in [5.74, 6) is -0.531. The number of para-hydroxylation sites is 1. The molecule has 3 nitrogen and oxygen atoms in total. The summed E-state index contributed by atoms with van der Waals surface area (Å²) >= 11 is 0.430. The quantitative estimate of drug-likeness (QED) is 0.829. The Kier molecular flexibility index (Phi) is 4.55. The van der Waals surface area contributed by atoms with Crippen LogP contribution in [0.3, 0.4) is 0 Å². The Balaban J connectivity index is 2.40. The van der Waals surface area contributed by atoms with Crippen LogP contribution in [-0.2, 0) is 6.18 Å². The van der Waals surface area contributed by atoms with Crippen molar-refractivity contribution in [3.05, 3.63) is 45.9 Å². The van der Waals surface area contributed by atoms with Crippen molar-refractivity contribution in [2.45, 2.75) is 33.0 Å². The van der Waals surface area contributed by atoms with E-state index >= 15 is 0 Å². The molecule has 0 radical (unpaired) electrons. The maximum Gasteiger partial charge on any atom is 0.443 e. The van der Waals surface area contributed by atoms with Gasteiger partial charge in [-0.15, -0.1) is 11.3 Å². The minimum Gasteiger partial charge on any atom is -0.304 e. The second-order valence-corrected chi connectivity index (χ2v) is 5.95. The number of aromatic nitrogens is 1. The van der Waals surface area contributed by atoms with Gasteiger partial charge in [0.05, 0.1) is 0 Å². The van der Waals surface area contributed by atoms with E-state index in [0.29, 0.717) is 17.0 Å². The van der Waals surface area contributed by atoms with Crippen molar-refractivity contribution in [3.8, 4) is 0 Å². The molecule has 0 saturated carbocycles. The predicted octanol–water partition coefficient (Wildman–Crippen LogP) is 4.53. The lowest BCUT2D eigenvalue weighted by atomic mass is 10.1. The van der Waals surface area contributed by atoms with Crippen molar-refractivity contribution in [2.24, 2.45) is 0 Å². The van der Waals surface area contributed by atoms with Crippen LogP contribution in [0.4, 0.5) is 18.9 Å². The van der Waals surface area contributed by atoms with Crippen LogP contribution in [0.5, 0.6) is 0 Å². The molecule has 118 valence electrons. The van der Waals surface area contributed by atoms with Crippen LogP contribution in [0.15, 0.2) is 29.6 Å². The van der Waals surface area contributed by atoms with Gasteiger partial charge < -0.3 is 4.90 Å². The molecule has 0 aliphatic rings. The van der Waals surface area contributed by atoms with Crippen molar-refractivity contribution in [3.63, 3.8) is 0 Å². The third kappa shape index (κ3) is 3.30. The maximum absolute atomic E-state index is 12.6.